The lowest BCUT2D eigenvalue weighted by molar-refractivity contribution is -0.383. The van der Waals surface area contributed by atoms with Crippen LogP contribution in [-0.4, -0.2) is 35.2 Å². The number of fused-ring (bicyclic) bond motifs is 1. The molecule has 0 saturated carbocycles. The molecule has 1 aromatic carbocycles. The lowest BCUT2D eigenvalue weighted by Crippen LogP contribution is -2.21. The largest absolute Gasteiger partial charge is 0.395 e. The van der Waals surface area contributed by atoms with Crippen molar-refractivity contribution in [3.05, 3.63) is 40.6 Å². The molecule has 0 atom stereocenters. The van der Waals surface area contributed by atoms with E-state index in [1.165, 1.54) is 6.07 Å². The lowest BCUT2D eigenvalue weighted by Gasteiger charge is -2.19. The van der Waals surface area contributed by atoms with Gasteiger partial charge in [-0.25, -0.2) is 0 Å². The van der Waals surface area contributed by atoms with Crippen molar-refractivity contribution in [3.8, 4) is 0 Å². The Labute approximate surface area is 104 Å². The van der Waals surface area contributed by atoms with E-state index < -0.39 is 4.92 Å². The maximum atomic E-state index is 10.9. The van der Waals surface area contributed by atoms with Gasteiger partial charge in [0.15, 0.2) is 0 Å². The summed E-state index contributed by atoms with van der Waals surface area (Å²) in [6, 6.07) is 6.47. The zero-order chi connectivity index (χ0) is 13.1. The van der Waals surface area contributed by atoms with Gasteiger partial charge in [-0.3, -0.25) is 15.1 Å². The van der Waals surface area contributed by atoms with E-state index in [9.17, 15) is 10.1 Å². The number of nitrogens with zero attached hydrogens (tertiary/aromatic N) is 3. The number of anilines is 1. The standard InChI is InChI=1S/C12H13N3O3/c1-14(7-8-16)11-5-4-10(15(17)18)9-3-2-6-13-12(9)11/h2-6,16H,7-8H2,1H3. The molecule has 18 heavy (non-hydrogen) atoms. The maximum absolute atomic E-state index is 10.9. The first-order chi connectivity index (χ1) is 8.65. The SMILES string of the molecule is CN(CCO)c1ccc([N+](=O)[O-])c2cccnc12. The summed E-state index contributed by atoms with van der Waals surface area (Å²) in [5.74, 6) is 0. The molecule has 1 aromatic heterocycles. The first-order valence-corrected chi connectivity index (χ1v) is 5.49. The Balaban J connectivity index is 2.64. The van der Waals surface area contributed by atoms with Crippen molar-refractivity contribution in [2.24, 2.45) is 0 Å². The number of hydrogen-bond acceptors (Lipinski definition) is 5. The molecule has 2 aromatic rings. The Morgan fingerprint density at radius 1 is 1.44 bits per heavy atom. The topological polar surface area (TPSA) is 79.5 Å². The van der Waals surface area contributed by atoms with Crippen molar-refractivity contribution in [1.29, 1.82) is 0 Å². The summed E-state index contributed by atoms with van der Waals surface area (Å²) in [6.07, 6.45) is 1.60. The number of benzene rings is 1. The number of pyridine rings is 1. The maximum Gasteiger partial charge on any atom is 0.278 e. The van der Waals surface area contributed by atoms with E-state index in [4.69, 9.17) is 5.11 Å². The van der Waals surface area contributed by atoms with Gasteiger partial charge >= 0.3 is 0 Å². The van der Waals surface area contributed by atoms with Crippen LogP contribution in [0.4, 0.5) is 11.4 Å². The molecule has 0 unspecified atom stereocenters. The van der Waals surface area contributed by atoms with Crippen LogP contribution in [-0.2, 0) is 0 Å². The second kappa shape index (κ2) is 4.97. The molecule has 94 valence electrons. The summed E-state index contributed by atoms with van der Waals surface area (Å²) < 4.78 is 0. The van der Waals surface area contributed by atoms with Crippen LogP contribution < -0.4 is 4.90 Å². The Kier molecular flexibility index (Phi) is 3.38. The summed E-state index contributed by atoms with van der Waals surface area (Å²) >= 11 is 0. The first kappa shape index (κ1) is 12.3. The van der Waals surface area contributed by atoms with Gasteiger partial charge in [0.2, 0.25) is 0 Å². The van der Waals surface area contributed by atoms with E-state index in [1.54, 1.807) is 24.4 Å². The highest BCUT2D eigenvalue weighted by Gasteiger charge is 2.16. The zero-order valence-electron chi connectivity index (χ0n) is 9.91. The van der Waals surface area contributed by atoms with Gasteiger partial charge in [-0.05, 0) is 18.2 Å². The summed E-state index contributed by atoms with van der Waals surface area (Å²) in [5.41, 5.74) is 1.38. The Morgan fingerprint density at radius 2 is 2.22 bits per heavy atom. The predicted octanol–water partition coefficient (Wildman–Crippen LogP) is 1.57. The van der Waals surface area contributed by atoms with Crippen LogP contribution >= 0.6 is 0 Å². The van der Waals surface area contributed by atoms with Crippen LogP contribution in [0.15, 0.2) is 30.5 Å². The Morgan fingerprint density at radius 3 is 2.89 bits per heavy atom. The van der Waals surface area contributed by atoms with Crippen LogP contribution in [0.1, 0.15) is 0 Å². The summed E-state index contributed by atoms with van der Waals surface area (Å²) in [4.78, 5) is 16.5. The van der Waals surface area contributed by atoms with Gasteiger partial charge in [-0.1, -0.05) is 0 Å². The fourth-order valence-corrected chi connectivity index (χ4v) is 1.88. The number of hydrogen-bond donors (Lipinski definition) is 1. The molecule has 2 rings (SSSR count). The molecule has 0 saturated heterocycles. The van der Waals surface area contributed by atoms with Gasteiger partial charge in [0.1, 0.15) is 5.52 Å². The molecule has 0 spiro atoms. The molecular weight excluding hydrogens is 234 g/mol. The molecule has 6 heteroatoms. The minimum atomic E-state index is -0.417. The second-order valence-corrected chi connectivity index (χ2v) is 3.91. The zero-order valence-corrected chi connectivity index (χ0v) is 9.91. The molecule has 1 N–H and O–H groups in total. The third-order valence-electron chi connectivity index (χ3n) is 2.77. The van der Waals surface area contributed by atoms with Crippen molar-refractivity contribution >= 4 is 22.3 Å². The monoisotopic (exact) mass is 247 g/mol. The van der Waals surface area contributed by atoms with Gasteiger partial charge in [-0.2, -0.15) is 0 Å². The number of non-ortho nitro benzene ring substituents is 1. The molecule has 0 aliphatic heterocycles. The smallest absolute Gasteiger partial charge is 0.278 e. The highest BCUT2D eigenvalue weighted by atomic mass is 16.6. The first-order valence-electron chi connectivity index (χ1n) is 5.49. The molecule has 0 bridgehead atoms. The number of nitro groups is 1. The number of likely N-dealkylation sites (N-methyl/N-ethyl adjacent to an activating group) is 1. The van der Waals surface area contributed by atoms with Crippen LogP contribution in [0.25, 0.3) is 10.9 Å². The van der Waals surface area contributed by atoms with Gasteiger partial charge in [0.25, 0.3) is 5.69 Å². The van der Waals surface area contributed by atoms with Crippen molar-refractivity contribution in [1.82, 2.24) is 4.98 Å². The quantitative estimate of drug-likeness (QED) is 0.655. The second-order valence-electron chi connectivity index (χ2n) is 3.91. The predicted molar refractivity (Wildman–Crippen MR) is 68.8 cm³/mol. The van der Waals surface area contributed by atoms with E-state index >= 15 is 0 Å². The van der Waals surface area contributed by atoms with E-state index in [1.807, 2.05) is 11.9 Å². The minimum absolute atomic E-state index is 0.0157. The third-order valence-corrected chi connectivity index (χ3v) is 2.77. The highest BCUT2D eigenvalue weighted by Crippen LogP contribution is 2.31. The number of rotatable bonds is 4. The Bertz CT molecular complexity index is 586. The molecular formula is C12H13N3O3. The molecule has 0 aliphatic carbocycles. The molecule has 0 aliphatic rings. The van der Waals surface area contributed by atoms with Crippen molar-refractivity contribution in [2.45, 2.75) is 0 Å². The van der Waals surface area contributed by atoms with Crippen molar-refractivity contribution < 1.29 is 10.0 Å². The molecule has 0 radical (unpaired) electrons. The van der Waals surface area contributed by atoms with Gasteiger partial charge in [-0.15, -0.1) is 0 Å². The van der Waals surface area contributed by atoms with E-state index in [-0.39, 0.29) is 12.3 Å². The minimum Gasteiger partial charge on any atom is -0.395 e. The van der Waals surface area contributed by atoms with Gasteiger partial charge < -0.3 is 10.0 Å². The third kappa shape index (κ3) is 2.10. The van der Waals surface area contributed by atoms with Crippen molar-refractivity contribution in [2.75, 3.05) is 25.1 Å². The summed E-state index contributed by atoms with van der Waals surface area (Å²) in [6.45, 7) is 0.464. The lowest BCUT2D eigenvalue weighted by atomic mass is 10.1. The van der Waals surface area contributed by atoms with Crippen molar-refractivity contribution in [3.63, 3.8) is 0 Å². The molecule has 1 heterocycles. The number of nitro benzene ring substituents is 1. The van der Waals surface area contributed by atoms with Crippen LogP contribution in [0.5, 0.6) is 0 Å². The summed E-state index contributed by atoms with van der Waals surface area (Å²) in [5, 5.41) is 20.4. The van der Waals surface area contributed by atoms with E-state index in [0.717, 1.165) is 5.69 Å². The number of aromatic nitrogens is 1. The summed E-state index contributed by atoms with van der Waals surface area (Å²) in [7, 11) is 1.81. The molecule has 6 nitrogen and oxygen atoms in total. The van der Waals surface area contributed by atoms with Crippen LogP contribution in [0.3, 0.4) is 0 Å². The average Bonchev–Trinajstić information content (AvgIpc) is 2.37. The van der Waals surface area contributed by atoms with E-state index in [0.29, 0.717) is 17.4 Å². The average molecular weight is 247 g/mol. The normalized spacial score (nSPS) is 10.6. The Hall–Kier alpha value is -2.21. The van der Waals surface area contributed by atoms with Crippen LogP contribution in [0, 0.1) is 10.1 Å². The number of aliphatic hydroxyl groups is 1. The highest BCUT2D eigenvalue weighted by molar-refractivity contribution is 5.96. The fraction of sp³-hybridized carbons (Fsp3) is 0.250. The van der Waals surface area contributed by atoms with Gasteiger partial charge in [0, 0.05) is 25.9 Å². The van der Waals surface area contributed by atoms with Crippen LogP contribution in [0.2, 0.25) is 0 Å². The molecule has 0 fully saturated rings. The van der Waals surface area contributed by atoms with Gasteiger partial charge in [0.05, 0.1) is 22.6 Å². The van der Waals surface area contributed by atoms with E-state index in [2.05, 4.69) is 4.98 Å². The number of aliphatic hydroxyl groups excluding tert-OH is 1. The molecule has 0 amide bonds. The fourth-order valence-electron chi connectivity index (χ4n) is 1.88.